The van der Waals surface area contributed by atoms with Crippen molar-refractivity contribution in [2.75, 3.05) is 0 Å². The van der Waals surface area contributed by atoms with Crippen LogP contribution < -0.4 is 5.32 Å². The molecule has 1 N–H and O–H groups in total. The quantitative estimate of drug-likeness (QED) is 0.864. The Morgan fingerprint density at radius 1 is 0.762 bits per heavy atom. The van der Waals surface area contributed by atoms with Gasteiger partial charge in [0, 0.05) is 6.04 Å². The molecule has 2 saturated carbocycles. The van der Waals surface area contributed by atoms with Crippen molar-refractivity contribution in [3.63, 3.8) is 0 Å². The first-order valence-corrected chi connectivity index (χ1v) is 8.26. The smallest absolute Gasteiger partial charge is 0.0578 e. The second-order valence-electron chi connectivity index (χ2n) is 6.70. The lowest BCUT2D eigenvalue weighted by molar-refractivity contribution is 0.334. The highest BCUT2D eigenvalue weighted by atomic mass is 15.0. The zero-order valence-electron chi connectivity index (χ0n) is 12.4. The normalized spacial score (nSPS) is 27.4. The van der Waals surface area contributed by atoms with Crippen LogP contribution in [0.1, 0.15) is 42.9 Å². The molecule has 0 unspecified atom stereocenters. The molecule has 21 heavy (non-hydrogen) atoms. The fourth-order valence-electron chi connectivity index (χ4n) is 4.34. The SMILES string of the molecule is c1ccc(C(N[C@H]2C[C@H]3CC[C@@H]2C3)c2ccccc2)cc1. The summed E-state index contributed by atoms with van der Waals surface area (Å²) in [5, 5.41) is 3.98. The number of hydrogen-bond acceptors (Lipinski definition) is 1. The van der Waals surface area contributed by atoms with Crippen molar-refractivity contribution in [3.8, 4) is 0 Å². The van der Waals surface area contributed by atoms with E-state index in [0.29, 0.717) is 12.1 Å². The summed E-state index contributed by atoms with van der Waals surface area (Å²) in [6, 6.07) is 22.8. The van der Waals surface area contributed by atoms with E-state index in [4.69, 9.17) is 0 Å². The Bertz CT molecular complexity index is 538. The average Bonchev–Trinajstić information content (AvgIpc) is 3.17. The highest BCUT2D eigenvalue weighted by Gasteiger charge is 2.40. The molecule has 0 radical (unpaired) electrons. The number of nitrogens with one attached hydrogen (secondary N) is 1. The maximum atomic E-state index is 3.98. The average molecular weight is 277 g/mol. The van der Waals surface area contributed by atoms with Crippen molar-refractivity contribution in [3.05, 3.63) is 71.8 Å². The van der Waals surface area contributed by atoms with Gasteiger partial charge in [-0.2, -0.15) is 0 Å². The van der Waals surface area contributed by atoms with Crippen molar-refractivity contribution in [1.29, 1.82) is 0 Å². The van der Waals surface area contributed by atoms with E-state index in [1.807, 2.05) is 0 Å². The molecule has 0 spiro atoms. The number of fused-ring (bicyclic) bond motifs is 2. The van der Waals surface area contributed by atoms with Crippen LogP contribution >= 0.6 is 0 Å². The van der Waals surface area contributed by atoms with E-state index in [0.717, 1.165) is 11.8 Å². The molecule has 108 valence electrons. The van der Waals surface area contributed by atoms with Gasteiger partial charge in [0.15, 0.2) is 0 Å². The van der Waals surface area contributed by atoms with Gasteiger partial charge in [-0.25, -0.2) is 0 Å². The minimum atomic E-state index is 0.330. The molecule has 2 aliphatic rings. The Hall–Kier alpha value is -1.60. The van der Waals surface area contributed by atoms with Gasteiger partial charge >= 0.3 is 0 Å². The summed E-state index contributed by atoms with van der Waals surface area (Å²) in [7, 11) is 0. The Balaban J connectivity index is 1.61. The third-order valence-electron chi connectivity index (χ3n) is 5.38. The minimum Gasteiger partial charge on any atom is -0.303 e. The minimum absolute atomic E-state index is 0.330. The maximum Gasteiger partial charge on any atom is 0.0578 e. The highest BCUT2D eigenvalue weighted by Crippen LogP contribution is 2.45. The van der Waals surface area contributed by atoms with Crippen LogP contribution in [0.4, 0.5) is 0 Å². The van der Waals surface area contributed by atoms with Crippen LogP contribution in [0, 0.1) is 11.8 Å². The van der Waals surface area contributed by atoms with Crippen LogP contribution in [0.5, 0.6) is 0 Å². The fraction of sp³-hybridized carbons (Fsp3) is 0.400. The summed E-state index contributed by atoms with van der Waals surface area (Å²) in [6.07, 6.45) is 5.72. The van der Waals surface area contributed by atoms with Gasteiger partial charge in [-0.3, -0.25) is 0 Å². The van der Waals surface area contributed by atoms with E-state index in [9.17, 15) is 0 Å². The van der Waals surface area contributed by atoms with Gasteiger partial charge in [0.2, 0.25) is 0 Å². The topological polar surface area (TPSA) is 12.0 Å². The van der Waals surface area contributed by atoms with Crippen LogP contribution in [0.25, 0.3) is 0 Å². The molecular weight excluding hydrogens is 254 g/mol. The van der Waals surface area contributed by atoms with E-state index < -0.39 is 0 Å². The zero-order valence-corrected chi connectivity index (χ0v) is 12.4. The molecule has 0 saturated heterocycles. The standard InChI is InChI=1S/C20H23N/c1-3-7-16(8-4-1)20(17-9-5-2-6-10-17)21-19-14-15-11-12-18(19)13-15/h1-10,15,18-21H,11-14H2/t15-,18+,19-/m0/s1. The molecule has 2 bridgehead atoms. The molecular formula is C20H23N. The molecule has 0 heterocycles. The summed E-state index contributed by atoms with van der Waals surface area (Å²) in [5.41, 5.74) is 2.76. The number of hydrogen-bond donors (Lipinski definition) is 1. The van der Waals surface area contributed by atoms with Crippen molar-refractivity contribution in [2.45, 2.75) is 37.8 Å². The lowest BCUT2D eigenvalue weighted by atomic mass is 9.92. The molecule has 2 aromatic rings. The van der Waals surface area contributed by atoms with Gasteiger partial charge in [-0.1, -0.05) is 67.1 Å². The molecule has 1 heteroatoms. The molecule has 0 aromatic heterocycles. The zero-order chi connectivity index (χ0) is 14.1. The predicted molar refractivity (Wildman–Crippen MR) is 87.1 cm³/mol. The van der Waals surface area contributed by atoms with Crippen molar-refractivity contribution >= 4 is 0 Å². The molecule has 3 atom stereocenters. The predicted octanol–water partition coefficient (Wildman–Crippen LogP) is 4.55. The molecule has 2 fully saturated rings. The molecule has 0 aliphatic heterocycles. The second kappa shape index (κ2) is 5.65. The summed E-state index contributed by atoms with van der Waals surface area (Å²) in [6.45, 7) is 0. The van der Waals surface area contributed by atoms with Crippen LogP contribution in [0.2, 0.25) is 0 Å². The summed E-state index contributed by atoms with van der Waals surface area (Å²) >= 11 is 0. The van der Waals surface area contributed by atoms with E-state index in [1.165, 1.54) is 36.8 Å². The Labute approximate surface area is 127 Å². The van der Waals surface area contributed by atoms with Crippen molar-refractivity contribution in [1.82, 2.24) is 5.32 Å². The van der Waals surface area contributed by atoms with Gasteiger partial charge in [-0.15, -0.1) is 0 Å². The van der Waals surface area contributed by atoms with Crippen molar-refractivity contribution in [2.24, 2.45) is 11.8 Å². The third-order valence-corrected chi connectivity index (χ3v) is 5.38. The second-order valence-corrected chi connectivity index (χ2v) is 6.70. The number of rotatable bonds is 4. The van der Waals surface area contributed by atoms with E-state index in [2.05, 4.69) is 66.0 Å². The monoisotopic (exact) mass is 277 g/mol. The Morgan fingerprint density at radius 3 is 1.86 bits per heavy atom. The first-order chi connectivity index (χ1) is 10.4. The van der Waals surface area contributed by atoms with Gasteiger partial charge in [0.1, 0.15) is 0 Å². The lowest BCUT2D eigenvalue weighted by Gasteiger charge is -2.29. The van der Waals surface area contributed by atoms with Gasteiger partial charge < -0.3 is 5.32 Å². The van der Waals surface area contributed by atoms with Gasteiger partial charge in [-0.05, 0) is 42.2 Å². The fourth-order valence-corrected chi connectivity index (χ4v) is 4.34. The van der Waals surface area contributed by atoms with Crippen molar-refractivity contribution < 1.29 is 0 Å². The first-order valence-electron chi connectivity index (χ1n) is 8.26. The van der Waals surface area contributed by atoms with E-state index in [-0.39, 0.29) is 0 Å². The van der Waals surface area contributed by atoms with E-state index in [1.54, 1.807) is 0 Å². The summed E-state index contributed by atoms with van der Waals surface area (Å²) in [4.78, 5) is 0. The molecule has 2 aliphatic carbocycles. The van der Waals surface area contributed by atoms with Crippen LogP contribution in [0.3, 0.4) is 0 Å². The van der Waals surface area contributed by atoms with Crippen LogP contribution in [0.15, 0.2) is 60.7 Å². The highest BCUT2D eigenvalue weighted by molar-refractivity contribution is 5.31. The Morgan fingerprint density at radius 2 is 1.38 bits per heavy atom. The summed E-state index contributed by atoms with van der Waals surface area (Å²) in [5.74, 6) is 1.89. The summed E-state index contributed by atoms with van der Waals surface area (Å²) < 4.78 is 0. The molecule has 1 nitrogen and oxygen atoms in total. The van der Waals surface area contributed by atoms with Crippen LogP contribution in [-0.4, -0.2) is 6.04 Å². The Kier molecular flexibility index (Phi) is 3.52. The molecule has 2 aromatic carbocycles. The lowest BCUT2D eigenvalue weighted by Crippen LogP contribution is -2.37. The van der Waals surface area contributed by atoms with E-state index >= 15 is 0 Å². The first kappa shape index (κ1) is 13.1. The molecule has 4 rings (SSSR count). The van der Waals surface area contributed by atoms with Crippen LogP contribution in [-0.2, 0) is 0 Å². The third kappa shape index (κ3) is 2.63. The maximum absolute atomic E-state index is 3.98. The van der Waals surface area contributed by atoms with Gasteiger partial charge in [0.25, 0.3) is 0 Å². The molecule has 0 amide bonds. The largest absolute Gasteiger partial charge is 0.303 e. The number of benzene rings is 2. The van der Waals surface area contributed by atoms with Gasteiger partial charge in [0.05, 0.1) is 6.04 Å².